The lowest BCUT2D eigenvalue weighted by atomic mass is 10.2. The summed E-state index contributed by atoms with van der Waals surface area (Å²) in [4.78, 5) is 41.3. The molecule has 1 aliphatic rings. The second-order valence-electron chi connectivity index (χ2n) is 6.23. The molecule has 1 aromatic heterocycles. The summed E-state index contributed by atoms with van der Waals surface area (Å²) < 4.78 is 18.2. The topological polar surface area (TPSA) is 74.1 Å². The summed E-state index contributed by atoms with van der Waals surface area (Å²) >= 11 is 0. The fourth-order valence-corrected chi connectivity index (χ4v) is 2.96. The number of hydrogen-bond acceptors (Lipinski definition) is 4. The average molecular weight is 373 g/mol. The van der Waals surface area contributed by atoms with Crippen molar-refractivity contribution in [1.29, 1.82) is 0 Å². The normalized spacial score (nSPS) is 14.1. The maximum atomic E-state index is 13.1. The third-order valence-electron chi connectivity index (χ3n) is 4.46. The van der Waals surface area contributed by atoms with E-state index in [0.717, 1.165) is 0 Å². The molecular weight excluding hydrogens is 353 g/mol. The van der Waals surface area contributed by atoms with Crippen LogP contribution in [0, 0.1) is 5.82 Å². The van der Waals surface area contributed by atoms with Gasteiger partial charge < -0.3 is 19.1 Å². The molecule has 0 atom stereocenters. The summed E-state index contributed by atoms with van der Waals surface area (Å²) in [5, 5.41) is 0. The lowest BCUT2D eigenvalue weighted by Gasteiger charge is -2.35. The zero-order valence-corrected chi connectivity index (χ0v) is 14.9. The summed E-state index contributed by atoms with van der Waals surface area (Å²) in [7, 11) is 0. The standard InChI is InChI=1S/C19H20FN3O4/c1-14(24)23(16-6-4-15(20)5-7-16)13-18(25)21-8-10-22(11-9-21)19(26)17-3-2-12-27-17/h2-7,12H,8-11,13H2,1H3. The number of anilines is 1. The highest BCUT2D eigenvalue weighted by Gasteiger charge is 2.27. The summed E-state index contributed by atoms with van der Waals surface area (Å²) in [5.41, 5.74) is 0.462. The molecule has 142 valence electrons. The van der Waals surface area contributed by atoms with Crippen molar-refractivity contribution in [3.8, 4) is 0 Å². The summed E-state index contributed by atoms with van der Waals surface area (Å²) in [6, 6.07) is 8.67. The van der Waals surface area contributed by atoms with Gasteiger partial charge in [0.2, 0.25) is 11.8 Å². The minimum atomic E-state index is -0.411. The van der Waals surface area contributed by atoms with Crippen LogP contribution in [-0.4, -0.2) is 60.2 Å². The van der Waals surface area contributed by atoms with Crippen molar-refractivity contribution in [3.05, 3.63) is 54.2 Å². The lowest BCUT2D eigenvalue weighted by molar-refractivity contribution is -0.132. The maximum Gasteiger partial charge on any atom is 0.289 e. The second-order valence-corrected chi connectivity index (χ2v) is 6.23. The van der Waals surface area contributed by atoms with Gasteiger partial charge in [-0.3, -0.25) is 14.4 Å². The van der Waals surface area contributed by atoms with E-state index in [9.17, 15) is 18.8 Å². The van der Waals surface area contributed by atoms with E-state index in [1.807, 2.05) is 0 Å². The molecule has 0 saturated carbocycles. The molecule has 1 aliphatic heterocycles. The van der Waals surface area contributed by atoms with E-state index in [4.69, 9.17) is 4.42 Å². The Kier molecular flexibility index (Phi) is 5.54. The molecule has 0 N–H and O–H groups in total. The molecular formula is C19H20FN3O4. The molecule has 0 unspecified atom stereocenters. The summed E-state index contributed by atoms with van der Waals surface area (Å²) in [6.45, 7) is 2.76. The smallest absolute Gasteiger partial charge is 0.289 e. The lowest BCUT2D eigenvalue weighted by Crippen LogP contribution is -2.53. The first-order valence-electron chi connectivity index (χ1n) is 8.60. The Morgan fingerprint density at radius 2 is 1.67 bits per heavy atom. The van der Waals surface area contributed by atoms with Crippen LogP contribution in [0.4, 0.5) is 10.1 Å². The van der Waals surface area contributed by atoms with Crippen LogP contribution in [0.2, 0.25) is 0 Å². The van der Waals surface area contributed by atoms with E-state index in [1.165, 1.54) is 42.4 Å². The number of nitrogens with zero attached hydrogens (tertiary/aromatic N) is 3. The largest absolute Gasteiger partial charge is 0.459 e. The minimum absolute atomic E-state index is 0.132. The molecule has 8 heteroatoms. The van der Waals surface area contributed by atoms with Gasteiger partial charge in [-0.2, -0.15) is 0 Å². The second kappa shape index (κ2) is 8.03. The number of hydrogen-bond donors (Lipinski definition) is 0. The van der Waals surface area contributed by atoms with Gasteiger partial charge in [0.1, 0.15) is 12.4 Å². The van der Waals surface area contributed by atoms with Gasteiger partial charge in [0.15, 0.2) is 5.76 Å². The van der Waals surface area contributed by atoms with Crippen molar-refractivity contribution in [1.82, 2.24) is 9.80 Å². The Balaban J connectivity index is 1.59. The molecule has 2 aromatic rings. The number of rotatable bonds is 4. The van der Waals surface area contributed by atoms with E-state index in [0.29, 0.717) is 31.9 Å². The highest BCUT2D eigenvalue weighted by molar-refractivity contribution is 5.97. The zero-order chi connectivity index (χ0) is 19.4. The Morgan fingerprint density at radius 3 is 2.22 bits per heavy atom. The third-order valence-corrected chi connectivity index (χ3v) is 4.46. The molecule has 2 heterocycles. The Hall–Kier alpha value is -3.16. The molecule has 3 rings (SSSR count). The van der Waals surface area contributed by atoms with Crippen molar-refractivity contribution in [2.24, 2.45) is 0 Å². The van der Waals surface area contributed by atoms with E-state index < -0.39 is 5.82 Å². The monoisotopic (exact) mass is 373 g/mol. The number of carbonyl (C=O) groups excluding carboxylic acids is 3. The van der Waals surface area contributed by atoms with E-state index >= 15 is 0 Å². The maximum absolute atomic E-state index is 13.1. The van der Waals surface area contributed by atoms with E-state index in [1.54, 1.807) is 21.9 Å². The number of benzene rings is 1. The SMILES string of the molecule is CC(=O)N(CC(=O)N1CCN(C(=O)c2ccco2)CC1)c1ccc(F)cc1. The van der Waals surface area contributed by atoms with Gasteiger partial charge in [-0.1, -0.05) is 0 Å². The number of furan rings is 1. The molecule has 3 amide bonds. The molecule has 1 saturated heterocycles. The van der Waals surface area contributed by atoms with Gasteiger partial charge in [0.05, 0.1) is 6.26 Å². The minimum Gasteiger partial charge on any atom is -0.459 e. The Morgan fingerprint density at radius 1 is 1.04 bits per heavy atom. The first-order valence-corrected chi connectivity index (χ1v) is 8.60. The fourth-order valence-electron chi connectivity index (χ4n) is 2.96. The molecule has 27 heavy (non-hydrogen) atoms. The van der Waals surface area contributed by atoms with Gasteiger partial charge >= 0.3 is 0 Å². The fraction of sp³-hybridized carbons (Fsp3) is 0.316. The van der Waals surface area contributed by atoms with Crippen LogP contribution in [0.25, 0.3) is 0 Å². The highest BCUT2D eigenvalue weighted by Crippen LogP contribution is 2.16. The van der Waals surface area contributed by atoms with Crippen LogP contribution in [0.1, 0.15) is 17.5 Å². The zero-order valence-electron chi connectivity index (χ0n) is 14.9. The van der Waals surface area contributed by atoms with Gasteiger partial charge in [-0.25, -0.2) is 4.39 Å². The number of piperazine rings is 1. The quantitative estimate of drug-likeness (QED) is 0.819. The molecule has 0 bridgehead atoms. The van der Waals surface area contributed by atoms with Gasteiger partial charge in [0, 0.05) is 38.8 Å². The summed E-state index contributed by atoms with van der Waals surface area (Å²) in [5.74, 6) is -0.871. The highest BCUT2D eigenvalue weighted by atomic mass is 19.1. The summed E-state index contributed by atoms with van der Waals surface area (Å²) in [6.07, 6.45) is 1.44. The molecule has 0 spiro atoms. The van der Waals surface area contributed by atoms with Crippen molar-refractivity contribution in [3.63, 3.8) is 0 Å². The molecule has 7 nitrogen and oxygen atoms in total. The van der Waals surface area contributed by atoms with E-state index in [-0.39, 0.29) is 30.0 Å². The van der Waals surface area contributed by atoms with Crippen LogP contribution >= 0.6 is 0 Å². The molecule has 1 aromatic carbocycles. The molecule has 0 radical (unpaired) electrons. The van der Waals surface area contributed by atoms with Gasteiger partial charge in [-0.05, 0) is 36.4 Å². The van der Waals surface area contributed by atoms with Crippen molar-refractivity contribution in [2.75, 3.05) is 37.6 Å². The van der Waals surface area contributed by atoms with Crippen LogP contribution in [0.3, 0.4) is 0 Å². The van der Waals surface area contributed by atoms with Crippen molar-refractivity contribution >= 4 is 23.4 Å². The first kappa shape index (κ1) is 18.6. The average Bonchev–Trinajstić information content (AvgIpc) is 3.21. The van der Waals surface area contributed by atoms with Crippen LogP contribution in [0.15, 0.2) is 47.1 Å². The van der Waals surface area contributed by atoms with Crippen LogP contribution < -0.4 is 4.90 Å². The van der Waals surface area contributed by atoms with Gasteiger partial charge in [-0.15, -0.1) is 0 Å². The number of halogens is 1. The Bertz CT molecular complexity index is 812. The predicted octanol–water partition coefficient (Wildman–Crippen LogP) is 1.76. The van der Waals surface area contributed by atoms with E-state index in [2.05, 4.69) is 0 Å². The van der Waals surface area contributed by atoms with Gasteiger partial charge in [0.25, 0.3) is 5.91 Å². The first-order chi connectivity index (χ1) is 13.0. The number of carbonyl (C=O) groups is 3. The number of amides is 3. The van der Waals surface area contributed by atoms with Crippen LogP contribution in [0.5, 0.6) is 0 Å². The predicted molar refractivity (Wildman–Crippen MR) is 95.6 cm³/mol. The van der Waals surface area contributed by atoms with Crippen molar-refractivity contribution in [2.45, 2.75) is 6.92 Å². The van der Waals surface area contributed by atoms with Crippen LogP contribution in [-0.2, 0) is 9.59 Å². The van der Waals surface area contributed by atoms with Crippen molar-refractivity contribution < 1.29 is 23.2 Å². The Labute approximate surface area is 155 Å². The molecule has 1 fully saturated rings. The third kappa shape index (κ3) is 4.33. The molecule has 0 aliphatic carbocycles.